The van der Waals surface area contributed by atoms with Gasteiger partial charge in [0.25, 0.3) is 0 Å². The summed E-state index contributed by atoms with van der Waals surface area (Å²) in [5, 5.41) is 7.03. The van der Waals surface area contributed by atoms with Crippen molar-refractivity contribution in [3.8, 4) is 39.1 Å². The van der Waals surface area contributed by atoms with Gasteiger partial charge in [0.15, 0.2) is 11.0 Å². The van der Waals surface area contributed by atoms with Crippen molar-refractivity contribution < 1.29 is 9.53 Å². The number of methoxy groups -OCH3 is 1. The molecule has 0 bridgehead atoms. The molecule has 1 fully saturated rings. The van der Waals surface area contributed by atoms with E-state index in [9.17, 15) is 4.79 Å². The van der Waals surface area contributed by atoms with Crippen LogP contribution in [0.15, 0.2) is 43.0 Å². The number of carbonyl (C=O) groups is 1. The number of nitrogens with zero attached hydrogens (tertiary/aromatic N) is 5. The molecule has 4 aromatic rings. The number of anilines is 1. The van der Waals surface area contributed by atoms with Gasteiger partial charge in [-0.3, -0.25) is 10.3 Å². The average Bonchev–Trinajstić information content (AvgIpc) is 3.56. The second-order valence-electron chi connectivity index (χ2n) is 8.13. The van der Waals surface area contributed by atoms with Crippen molar-refractivity contribution >= 4 is 45.7 Å². The second kappa shape index (κ2) is 10.7. The minimum absolute atomic E-state index is 0.211. The van der Waals surface area contributed by atoms with E-state index in [1.807, 2.05) is 0 Å². The predicted molar refractivity (Wildman–Crippen MR) is 141 cm³/mol. The van der Waals surface area contributed by atoms with E-state index in [0.29, 0.717) is 49.4 Å². The first-order valence-corrected chi connectivity index (χ1v) is 12.8. The SMILES string of the molecule is COc1cc(Cl)c(-c2cc(-c3cnc(NC(=O)NC4CCCC4)s3)nc(-c3cnccn3)n2)c(Cl)c1. The summed E-state index contributed by atoms with van der Waals surface area (Å²) in [5.74, 6) is 0.881. The number of hydrogen-bond donors (Lipinski definition) is 2. The minimum Gasteiger partial charge on any atom is -0.497 e. The number of hydrogen-bond acceptors (Lipinski definition) is 8. The van der Waals surface area contributed by atoms with E-state index in [-0.39, 0.29) is 12.1 Å². The maximum Gasteiger partial charge on any atom is 0.321 e. The van der Waals surface area contributed by atoms with Gasteiger partial charge >= 0.3 is 6.03 Å². The first-order chi connectivity index (χ1) is 17.5. The Labute approximate surface area is 221 Å². The molecule has 1 aliphatic rings. The molecule has 184 valence electrons. The van der Waals surface area contributed by atoms with E-state index in [0.717, 1.165) is 30.6 Å². The van der Waals surface area contributed by atoms with Crippen molar-refractivity contribution in [3.05, 3.63) is 53.0 Å². The molecule has 3 heterocycles. The number of thiazole rings is 1. The van der Waals surface area contributed by atoms with Gasteiger partial charge < -0.3 is 10.1 Å². The lowest BCUT2D eigenvalue weighted by Gasteiger charge is -2.12. The normalized spacial score (nSPS) is 13.5. The van der Waals surface area contributed by atoms with Gasteiger partial charge in [-0.25, -0.2) is 24.7 Å². The largest absolute Gasteiger partial charge is 0.497 e. The zero-order valence-electron chi connectivity index (χ0n) is 19.2. The monoisotopic (exact) mass is 541 g/mol. The maximum absolute atomic E-state index is 12.4. The summed E-state index contributed by atoms with van der Waals surface area (Å²) in [6.07, 6.45) is 10.6. The molecule has 1 aliphatic carbocycles. The summed E-state index contributed by atoms with van der Waals surface area (Å²) in [7, 11) is 1.54. The third kappa shape index (κ3) is 5.40. The summed E-state index contributed by atoms with van der Waals surface area (Å²) in [5.41, 5.74) is 2.09. The Bertz CT molecular complexity index is 1370. The fraction of sp³-hybridized carbons (Fsp3) is 0.250. The van der Waals surface area contributed by atoms with Crippen LogP contribution in [0.5, 0.6) is 5.75 Å². The topological polar surface area (TPSA) is 115 Å². The van der Waals surface area contributed by atoms with Crippen LogP contribution in [0.4, 0.5) is 9.93 Å². The number of carbonyl (C=O) groups excluding carboxylic acids is 1. The molecular formula is C24H21Cl2N7O2S. The Balaban J connectivity index is 1.51. The van der Waals surface area contributed by atoms with Crippen molar-refractivity contribution in [1.82, 2.24) is 30.2 Å². The predicted octanol–water partition coefficient (Wildman–Crippen LogP) is 6.10. The van der Waals surface area contributed by atoms with Crippen LogP contribution in [0.1, 0.15) is 25.7 Å². The van der Waals surface area contributed by atoms with E-state index < -0.39 is 0 Å². The highest BCUT2D eigenvalue weighted by Crippen LogP contribution is 2.39. The van der Waals surface area contributed by atoms with Gasteiger partial charge in [0, 0.05) is 30.2 Å². The molecule has 2 N–H and O–H groups in total. The van der Waals surface area contributed by atoms with Gasteiger partial charge in [-0.1, -0.05) is 47.4 Å². The molecular weight excluding hydrogens is 521 g/mol. The van der Waals surface area contributed by atoms with E-state index in [4.69, 9.17) is 27.9 Å². The number of urea groups is 1. The number of amides is 2. The molecule has 3 aromatic heterocycles. The molecule has 36 heavy (non-hydrogen) atoms. The summed E-state index contributed by atoms with van der Waals surface area (Å²) < 4.78 is 5.26. The van der Waals surface area contributed by atoms with Crippen molar-refractivity contribution in [1.29, 1.82) is 0 Å². The van der Waals surface area contributed by atoms with Gasteiger partial charge in [-0.15, -0.1) is 0 Å². The van der Waals surface area contributed by atoms with Gasteiger partial charge in [0.1, 0.15) is 11.4 Å². The molecule has 5 rings (SSSR count). The average molecular weight is 542 g/mol. The van der Waals surface area contributed by atoms with Crippen LogP contribution in [-0.2, 0) is 0 Å². The van der Waals surface area contributed by atoms with Crippen LogP contribution in [0, 0.1) is 0 Å². The summed E-state index contributed by atoms with van der Waals surface area (Å²) in [6, 6.07) is 5.06. The van der Waals surface area contributed by atoms with Crippen molar-refractivity contribution in [2.24, 2.45) is 0 Å². The van der Waals surface area contributed by atoms with Crippen LogP contribution in [0.25, 0.3) is 33.3 Å². The molecule has 0 unspecified atom stereocenters. The highest BCUT2D eigenvalue weighted by molar-refractivity contribution is 7.19. The van der Waals surface area contributed by atoms with Crippen molar-refractivity contribution in [3.63, 3.8) is 0 Å². The van der Waals surface area contributed by atoms with Crippen LogP contribution in [0.2, 0.25) is 10.0 Å². The van der Waals surface area contributed by atoms with Gasteiger partial charge in [-0.2, -0.15) is 0 Å². The molecule has 12 heteroatoms. The standard InChI is InChI=1S/C24H21Cl2N7O2S/c1-35-14-8-15(25)21(16(26)9-14)18-10-17(31-22(32-18)19-11-27-6-7-28-19)20-12-29-24(36-20)33-23(34)30-13-4-2-3-5-13/h6-13H,2-5H2,1H3,(H2,29,30,33,34). The molecule has 1 saturated carbocycles. The van der Waals surface area contributed by atoms with E-state index >= 15 is 0 Å². The molecule has 0 saturated heterocycles. The lowest BCUT2D eigenvalue weighted by molar-refractivity contribution is 0.248. The third-order valence-corrected chi connectivity index (χ3v) is 7.23. The fourth-order valence-electron chi connectivity index (χ4n) is 3.98. The third-order valence-electron chi connectivity index (χ3n) is 5.69. The Hall–Kier alpha value is -3.34. The molecule has 2 amide bonds. The molecule has 0 aliphatic heterocycles. The molecule has 9 nitrogen and oxygen atoms in total. The first kappa shape index (κ1) is 24.4. The van der Waals surface area contributed by atoms with Gasteiger partial charge in [-0.05, 0) is 31.0 Å². The van der Waals surface area contributed by atoms with Gasteiger partial charge in [0.05, 0.1) is 39.6 Å². The fourth-order valence-corrected chi connectivity index (χ4v) is 5.41. The lowest BCUT2D eigenvalue weighted by atomic mass is 10.1. The van der Waals surface area contributed by atoms with E-state index in [1.54, 1.807) is 50.1 Å². The van der Waals surface area contributed by atoms with Crippen LogP contribution in [-0.4, -0.2) is 44.1 Å². The van der Waals surface area contributed by atoms with Gasteiger partial charge in [0.2, 0.25) is 0 Å². The summed E-state index contributed by atoms with van der Waals surface area (Å²) in [6.45, 7) is 0. The second-order valence-corrected chi connectivity index (χ2v) is 9.97. The van der Waals surface area contributed by atoms with E-state index in [2.05, 4.69) is 35.6 Å². The van der Waals surface area contributed by atoms with Crippen LogP contribution >= 0.6 is 34.5 Å². The number of aromatic nitrogens is 5. The zero-order chi connectivity index (χ0) is 25.1. The molecule has 1 aromatic carbocycles. The summed E-state index contributed by atoms with van der Waals surface area (Å²) in [4.78, 5) is 35.3. The Kier molecular flexibility index (Phi) is 7.26. The quantitative estimate of drug-likeness (QED) is 0.302. The number of benzene rings is 1. The van der Waals surface area contributed by atoms with Crippen molar-refractivity contribution in [2.75, 3.05) is 12.4 Å². The number of rotatable bonds is 6. The zero-order valence-corrected chi connectivity index (χ0v) is 21.5. The Morgan fingerprint density at radius 3 is 2.44 bits per heavy atom. The van der Waals surface area contributed by atoms with E-state index in [1.165, 1.54) is 11.3 Å². The lowest BCUT2D eigenvalue weighted by Crippen LogP contribution is -2.36. The molecule has 0 spiro atoms. The number of ether oxygens (including phenoxy) is 1. The highest BCUT2D eigenvalue weighted by atomic mass is 35.5. The first-order valence-electron chi connectivity index (χ1n) is 11.2. The smallest absolute Gasteiger partial charge is 0.321 e. The molecule has 0 atom stereocenters. The number of nitrogens with one attached hydrogen (secondary N) is 2. The Morgan fingerprint density at radius 2 is 1.75 bits per heavy atom. The minimum atomic E-state index is -0.261. The number of halogens is 2. The summed E-state index contributed by atoms with van der Waals surface area (Å²) >= 11 is 14.4. The van der Waals surface area contributed by atoms with Crippen molar-refractivity contribution in [2.45, 2.75) is 31.7 Å². The highest BCUT2D eigenvalue weighted by Gasteiger charge is 2.20. The Morgan fingerprint density at radius 1 is 1.00 bits per heavy atom. The molecule has 0 radical (unpaired) electrons. The van der Waals surface area contributed by atoms with Crippen LogP contribution in [0.3, 0.4) is 0 Å². The van der Waals surface area contributed by atoms with Crippen LogP contribution < -0.4 is 15.4 Å². The maximum atomic E-state index is 12.4.